The minimum absolute atomic E-state index is 0.00532. The molecule has 0 radical (unpaired) electrons. The third kappa shape index (κ3) is 18.5. The summed E-state index contributed by atoms with van der Waals surface area (Å²) in [6.07, 6.45) is 3.37. The Morgan fingerprint density at radius 3 is 0.965 bits per heavy atom. The van der Waals surface area contributed by atoms with Gasteiger partial charge in [0.25, 0.3) is 0 Å². The van der Waals surface area contributed by atoms with E-state index in [0.717, 1.165) is 149 Å². The van der Waals surface area contributed by atoms with E-state index in [-0.39, 0.29) is 52.7 Å². The highest BCUT2D eigenvalue weighted by molar-refractivity contribution is 9.10. The van der Waals surface area contributed by atoms with Gasteiger partial charge in [-0.25, -0.2) is 4.79 Å². The smallest absolute Gasteiger partial charge is 0.410 e. The first-order valence-electron chi connectivity index (χ1n) is 30.5. The molecule has 4 unspecified atom stereocenters. The highest BCUT2D eigenvalue weighted by atomic mass is 79.9. The van der Waals surface area contributed by atoms with E-state index in [9.17, 15) is 24.0 Å². The maximum absolute atomic E-state index is 12.9. The number of hydrogen-bond acceptors (Lipinski definition) is 15. The lowest BCUT2D eigenvalue weighted by Crippen LogP contribution is -2.54. The largest absolute Gasteiger partial charge is 0.497 e. The van der Waals surface area contributed by atoms with Crippen molar-refractivity contribution in [2.24, 2.45) is 0 Å². The second kappa shape index (κ2) is 31.9. The van der Waals surface area contributed by atoms with Crippen molar-refractivity contribution in [2.75, 3.05) is 133 Å². The highest BCUT2D eigenvalue weighted by Gasteiger charge is 2.40. The molecule has 86 heavy (non-hydrogen) atoms. The molecule has 21 heteroatoms. The zero-order valence-corrected chi connectivity index (χ0v) is 53.1. The van der Waals surface area contributed by atoms with Crippen LogP contribution >= 0.6 is 15.9 Å². The summed E-state index contributed by atoms with van der Waals surface area (Å²) in [7, 11) is 6.62. The summed E-state index contributed by atoms with van der Waals surface area (Å²) >= 11 is 3.37. The van der Waals surface area contributed by atoms with Crippen LogP contribution in [0.25, 0.3) is 0 Å². The lowest BCUT2D eigenvalue weighted by atomic mass is 10.1. The van der Waals surface area contributed by atoms with E-state index >= 15 is 0 Å². The predicted molar refractivity (Wildman–Crippen MR) is 334 cm³/mol. The van der Waals surface area contributed by atoms with Gasteiger partial charge < -0.3 is 58.8 Å². The van der Waals surface area contributed by atoms with Crippen molar-refractivity contribution in [1.29, 1.82) is 0 Å². The molecule has 7 aliphatic rings. The van der Waals surface area contributed by atoms with Gasteiger partial charge in [0.05, 0.1) is 51.4 Å². The van der Waals surface area contributed by atoms with E-state index < -0.39 is 5.60 Å². The zero-order valence-electron chi connectivity index (χ0n) is 51.6. The normalized spacial score (nSPS) is 22.2. The van der Waals surface area contributed by atoms with Crippen LogP contribution in [0.3, 0.4) is 0 Å². The fraction of sp³-hybridized carbons (Fsp3) is 0.554. The third-order valence-electron chi connectivity index (χ3n) is 16.8. The first-order chi connectivity index (χ1) is 41.5. The van der Waals surface area contributed by atoms with Gasteiger partial charge in [-0.1, -0.05) is 64.5 Å². The van der Waals surface area contributed by atoms with Crippen molar-refractivity contribution >= 4 is 45.7 Å². The third-order valence-corrected chi connectivity index (χ3v) is 17.6. The van der Waals surface area contributed by atoms with Crippen molar-refractivity contribution < 1.29 is 47.7 Å². The monoisotopic (exact) mass is 1250 g/mol. The van der Waals surface area contributed by atoms with Crippen LogP contribution < -0.4 is 29.6 Å². The highest BCUT2D eigenvalue weighted by Crippen LogP contribution is 2.27. The number of alkyl halides is 1. The summed E-state index contributed by atoms with van der Waals surface area (Å²) in [5.74, 6) is 4.31. The molecule has 0 aliphatic carbocycles. The van der Waals surface area contributed by atoms with E-state index in [2.05, 4.69) is 41.3 Å². The van der Waals surface area contributed by atoms with Gasteiger partial charge in [-0.3, -0.25) is 33.9 Å². The molecule has 468 valence electrons. The molecule has 7 aliphatic heterocycles. The number of piperazine rings is 3. The molecule has 7 saturated heterocycles. The summed E-state index contributed by atoms with van der Waals surface area (Å²) in [6.45, 7) is 22.1. The molecule has 7 fully saturated rings. The molecule has 4 atom stereocenters. The van der Waals surface area contributed by atoms with Crippen LogP contribution in [0, 0.1) is 0 Å². The number of benzene rings is 4. The minimum atomic E-state index is -0.488. The van der Waals surface area contributed by atoms with Crippen LogP contribution in [0.2, 0.25) is 0 Å². The topological polar surface area (TPSA) is 181 Å². The Bertz CT molecular complexity index is 2700. The standard InChI is InChI=1S/C21H31N3O4.2C16H23N3O2.C12H14BrNO2/c1-21(2,3)28-20(26)23-13-11-22(12-14-23)18-9-10-24(19(18)25)15-16-5-7-17(27-4)8-6-16;2*1-21-14-4-2-13(3-5-14)12-19-9-6-15(16(19)20)18-10-7-17-8-11-18;1-16-10-4-2-9(3-5-10)8-14-7-6-11(13)12(14)15/h5-8,18H,9-15H2,1-4H3;2*2-5,15,17H,6-12H2,1H3;2-5,11H,6-8H2,1H3. The molecular formula is C65H91BrN10O10. The molecule has 0 aromatic heterocycles. The van der Waals surface area contributed by atoms with Crippen molar-refractivity contribution in [2.45, 2.75) is 101 Å². The number of likely N-dealkylation sites (tertiary alicyclic amines) is 4. The van der Waals surface area contributed by atoms with Crippen LogP contribution in [0.4, 0.5) is 4.79 Å². The molecule has 2 N–H and O–H groups in total. The molecule has 11 rings (SSSR count). The van der Waals surface area contributed by atoms with Gasteiger partial charge in [-0.15, -0.1) is 0 Å². The molecule has 4 aromatic carbocycles. The Labute approximate surface area is 517 Å². The average Bonchev–Trinajstić information content (AvgIpc) is 3.08. The van der Waals surface area contributed by atoms with Gasteiger partial charge in [0.15, 0.2) is 0 Å². The van der Waals surface area contributed by atoms with Crippen molar-refractivity contribution in [3.8, 4) is 23.0 Å². The first kappa shape index (κ1) is 65.5. The van der Waals surface area contributed by atoms with E-state index in [1.165, 1.54) is 0 Å². The zero-order chi connectivity index (χ0) is 61.2. The number of rotatable bonds is 15. The Hall–Kier alpha value is -6.49. The van der Waals surface area contributed by atoms with Gasteiger partial charge in [-0.05, 0) is 117 Å². The van der Waals surface area contributed by atoms with E-state index in [1.54, 1.807) is 33.3 Å². The Kier molecular flexibility index (Phi) is 24.3. The van der Waals surface area contributed by atoms with E-state index in [0.29, 0.717) is 52.4 Å². The molecular weight excluding hydrogens is 1160 g/mol. The summed E-state index contributed by atoms with van der Waals surface area (Å²) in [5, 5.41) is 6.67. The fourth-order valence-corrected chi connectivity index (χ4v) is 12.3. The number of halogens is 1. The second-order valence-electron chi connectivity index (χ2n) is 23.7. The number of nitrogens with zero attached hydrogens (tertiary/aromatic N) is 8. The number of carbonyl (C=O) groups is 5. The number of amides is 5. The van der Waals surface area contributed by atoms with E-state index in [4.69, 9.17) is 23.7 Å². The average molecular weight is 1250 g/mol. The number of ether oxygens (including phenoxy) is 5. The molecule has 0 spiro atoms. The van der Waals surface area contributed by atoms with Gasteiger partial charge in [-0.2, -0.15) is 0 Å². The maximum Gasteiger partial charge on any atom is 0.410 e. The number of hydrogen-bond donors (Lipinski definition) is 2. The van der Waals surface area contributed by atoms with Crippen molar-refractivity contribution in [3.63, 3.8) is 0 Å². The quantitative estimate of drug-likeness (QED) is 0.133. The molecule has 7 heterocycles. The lowest BCUT2D eigenvalue weighted by Gasteiger charge is -2.37. The maximum atomic E-state index is 12.9. The molecule has 4 aromatic rings. The number of nitrogens with one attached hydrogen (secondary N) is 2. The minimum Gasteiger partial charge on any atom is -0.497 e. The first-order valence-corrected chi connectivity index (χ1v) is 31.4. The van der Waals surface area contributed by atoms with Crippen LogP contribution in [-0.2, 0) is 50.1 Å². The Morgan fingerprint density at radius 2 is 0.698 bits per heavy atom. The summed E-state index contributed by atoms with van der Waals surface area (Å²) < 4.78 is 26.0. The van der Waals surface area contributed by atoms with Crippen LogP contribution in [0.5, 0.6) is 23.0 Å². The van der Waals surface area contributed by atoms with Crippen molar-refractivity contribution in [3.05, 3.63) is 119 Å². The molecule has 0 bridgehead atoms. The van der Waals surface area contributed by atoms with Crippen LogP contribution in [0.1, 0.15) is 68.7 Å². The Balaban J connectivity index is 0.000000152. The van der Waals surface area contributed by atoms with Gasteiger partial charge >= 0.3 is 6.09 Å². The Morgan fingerprint density at radius 1 is 0.419 bits per heavy atom. The van der Waals surface area contributed by atoms with E-state index in [1.807, 2.05) is 137 Å². The summed E-state index contributed by atoms with van der Waals surface area (Å²) in [5.41, 5.74) is 4.06. The molecule has 0 saturated carbocycles. The molecule has 20 nitrogen and oxygen atoms in total. The number of methoxy groups -OCH3 is 4. The lowest BCUT2D eigenvalue weighted by molar-refractivity contribution is -0.133. The van der Waals surface area contributed by atoms with Crippen molar-refractivity contribution in [1.82, 2.24) is 49.8 Å². The second-order valence-corrected chi connectivity index (χ2v) is 24.8. The van der Waals surface area contributed by atoms with Gasteiger partial charge in [0.1, 0.15) is 28.6 Å². The number of carbonyl (C=O) groups excluding carboxylic acids is 5. The predicted octanol–water partition coefficient (Wildman–Crippen LogP) is 5.94. The van der Waals surface area contributed by atoms with Gasteiger partial charge in [0, 0.05) is 131 Å². The molecule has 5 amide bonds. The van der Waals surface area contributed by atoms with Crippen LogP contribution in [-0.4, -0.2) is 231 Å². The summed E-state index contributed by atoms with van der Waals surface area (Å²) in [6, 6.07) is 31.7. The van der Waals surface area contributed by atoms with Crippen LogP contribution in [0.15, 0.2) is 97.1 Å². The SMILES string of the molecule is COc1ccc(CN2CCC(Br)C2=O)cc1.COc1ccc(CN2CCC(N3CCN(C(=O)OC(C)(C)C)CC3)C2=O)cc1.COc1ccc(CN2CCC(N3CCNCC3)C2=O)cc1.COc1ccc(CN2CCC(N3CCNCC3)C2=O)cc1. The van der Waals surface area contributed by atoms with Gasteiger partial charge in [0.2, 0.25) is 23.6 Å². The fourth-order valence-electron chi connectivity index (χ4n) is 11.8. The summed E-state index contributed by atoms with van der Waals surface area (Å²) in [4.78, 5) is 78.3.